The Bertz CT molecular complexity index is 1580. The van der Waals surface area contributed by atoms with Crippen LogP contribution in [0.4, 0.5) is 5.69 Å². The van der Waals surface area contributed by atoms with Crippen molar-refractivity contribution >= 4 is 24.2 Å². The van der Waals surface area contributed by atoms with Crippen molar-refractivity contribution in [2.45, 2.75) is 56.4 Å². The number of hydrogen-bond donors (Lipinski definition) is 2. The van der Waals surface area contributed by atoms with E-state index >= 15 is 0 Å². The fourth-order valence-corrected chi connectivity index (χ4v) is 7.46. The molecular weight excluding hydrogens is 632 g/mol. The van der Waals surface area contributed by atoms with Crippen LogP contribution < -0.4 is 11.1 Å². The van der Waals surface area contributed by atoms with E-state index in [0.29, 0.717) is 50.3 Å². The Kier molecular flexibility index (Phi) is 13.0. The first-order valence-electron chi connectivity index (χ1n) is 17.5. The number of nitrogens with zero attached hydrogens (tertiary/aromatic N) is 4. The fraction of sp³-hybridized carbons (Fsp3) is 0.410. The first-order valence-corrected chi connectivity index (χ1v) is 17.5. The number of carbonyl (C=O) groups is 2. The van der Waals surface area contributed by atoms with Gasteiger partial charge < -0.3 is 25.6 Å². The van der Waals surface area contributed by atoms with Crippen LogP contribution in [0.2, 0.25) is 0 Å². The summed E-state index contributed by atoms with van der Waals surface area (Å²) in [5.41, 5.74) is 11.0. The highest BCUT2D eigenvalue weighted by molar-refractivity contribution is 5.94. The number of ether oxygens (including phenoxy) is 1. The minimum atomic E-state index is -0.546. The number of amides is 2. The molecule has 0 radical (unpaired) electrons. The summed E-state index contributed by atoms with van der Waals surface area (Å²) in [5.74, 6) is -0.515. The van der Waals surface area contributed by atoms with Gasteiger partial charge in [-0.2, -0.15) is 0 Å². The van der Waals surface area contributed by atoms with Crippen molar-refractivity contribution in [2.24, 2.45) is 10.7 Å². The molecule has 1 fully saturated rings. The maximum absolute atomic E-state index is 12.9. The summed E-state index contributed by atoms with van der Waals surface area (Å²) in [6, 6.07) is 27.3. The predicted octanol–water partition coefficient (Wildman–Crippen LogP) is 5.17. The molecule has 2 unspecified atom stereocenters. The van der Waals surface area contributed by atoms with E-state index in [2.05, 4.69) is 70.9 Å². The van der Waals surface area contributed by atoms with E-state index in [4.69, 9.17) is 15.5 Å². The number of nitro benzene ring substituents is 1. The smallest absolute Gasteiger partial charge is 0.269 e. The van der Waals surface area contributed by atoms with Gasteiger partial charge in [0.05, 0.1) is 34.9 Å². The van der Waals surface area contributed by atoms with E-state index < -0.39 is 16.9 Å². The van der Waals surface area contributed by atoms with Crippen LogP contribution in [0.25, 0.3) is 0 Å². The van der Waals surface area contributed by atoms with Crippen LogP contribution in [0.3, 0.4) is 0 Å². The van der Waals surface area contributed by atoms with Crippen molar-refractivity contribution in [3.8, 4) is 0 Å². The highest BCUT2D eigenvalue weighted by Gasteiger charge is 2.39. The second-order valence-electron chi connectivity index (χ2n) is 12.9. The van der Waals surface area contributed by atoms with Gasteiger partial charge in [0, 0.05) is 36.4 Å². The number of piperidine rings is 1. The molecule has 0 spiro atoms. The van der Waals surface area contributed by atoms with Gasteiger partial charge in [-0.1, -0.05) is 79.7 Å². The monoisotopic (exact) mass is 680 g/mol. The molecule has 11 heteroatoms. The Balaban J connectivity index is 1.38. The topological polar surface area (TPSA) is 143 Å². The maximum Gasteiger partial charge on any atom is 0.269 e. The summed E-state index contributed by atoms with van der Waals surface area (Å²) in [6.45, 7) is 6.13. The quantitative estimate of drug-likeness (QED) is 0.0817. The summed E-state index contributed by atoms with van der Waals surface area (Å²) < 4.78 is 5.98. The van der Waals surface area contributed by atoms with Crippen molar-refractivity contribution in [3.63, 3.8) is 0 Å². The Hall–Kier alpha value is -4.71. The lowest BCUT2D eigenvalue weighted by Gasteiger charge is -2.43. The molecule has 3 aromatic carbocycles. The van der Waals surface area contributed by atoms with Gasteiger partial charge in [0.25, 0.3) is 5.69 Å². The number of rotatable bonds is 18. The van der Waals surface area contributed by atoms with E-state index in [1.54, 1.807) is 17.0 Å². The van der Waals surface area contributed by atoms with Crippen LogP contribution >= 0.6 is 0 Å². The van der Waals surface area contributed by atoms with Gasteiger partial charge in [-0.3, -0.25) is 24.7 Å². The zero-order valence-electron chi connectivity index (χ0n) is 28.8. The molecule has 3 N–H and O–H groups in total. The van der Waals surface area contributed by atoms with Gasteiger partial charge in [0.2, 0.25) is 12.8 Å². The fourth-order valence-electron chi connectivity index (χ4n) is 7.46. The number of likely N-dealkylation sites (tertiary alicyclic amines) is 1. The van der Waals surface area contributed by atoms with Gasteiger partial charge in [-0.05, 0) is 75.0 Å². The second-order valence-corrected chi connectivity index (χ2v) is 12.9. The van der Waals surface area contributed by atoms with Crippen molar-refractivity contribution in [1.82, 2.24) is 15.1 Å². The summed E-state index contributed by atoms with van der Waals surface area (Å²) >= 11 is 0. The van der Waals surface area contributed by atoms with Crippen LogP contribution in [0.5, 0.6) is 0 Å². The Morgan fingerprint density at radius 3 is 2.18 bits per heavy atom. The minimum absolute atomic E-state index is 0.0398. The van der Waals surface area contributed by atoms with E-state index in [1.165, 1.54) is 23.3 Å². The number of nitrogens with one attached hydrogen (secondary N) is 1. The highest BCUT2D eigenvalue weighted by atomic mass is 16.6. The normalized spacial score (nSPS) is 19.0. The number of carbonyl (C=O) groups excluding carboxylic acids is 2. The van der Waals surface area contributed by atoms with Crippen molar-refractivity contribution in [2.75, 3.05) is 45.9 Å². The van der Waals surface area contributed by atoms with Crippen LogP contribution in [-0.2, 0) is 19.7 Å². The number of hydrogen-bond acceptors (Lipinski definition) is 8. The maximum atomic E-state index is 12.9. The first-order chi connectivity index (χ1) is 24.4. The van der Waals surface area contributed by atoms with Crippen LogP contribution in [0.1, 0.15) is 61.6 Å². The number of nitrogens with two attached hydrogens (primary N) is 1. The van der Waals surface area contributed by atoms with Gasteiger partial charge in [0.1, 0.15) is 0 Å². The summed E-state index contributed by atoms with van der Waals surface area (Å²) in [6.07, 6.45) is 5.39. The summed E-state index contributed by atoms with van der Waals surface area (Å²) in [5, 5.41) is 14.4. The third-order valence-electron chi connectivity index (χ3n) is 10.0. The van der Waals surface area contributed by atoms with Crippen LogP contribution in [0.15, 0.2) is 101 Å². The molecule has 0 aliphatic carbocycles. The lowest BCUT2D eigenvalue weighted by molar-refractivity contribution is -0.384. The molecule has 2 aliphatic heterocycles. The molecule has 11 nitrogen and oxygen atoms in total. The first kappa shape index (κ1) is 36.6. The Morgan fingerprint density at radius 1 is 1.00 bits per heavy atom. The molecule has 0 saturated carbocycles. The summed E-state index contributed by atoms with van der Waals surface area (Å²) in [4.78, 5) is 45.0. The molecule has 0 aromatic heterocycles. The molecule has 2 amide bonds. The zero-order chi connectivity index (χ0) is 35.3. The largest absolute Gasteiger partial charge is 0.375 e. The number of aliphatic imine (C=N–C) groups is 1. The van der Waals surface area contributed by atoms with Gasteiger partial charge in [0.15, 0.2) is 0 Å². The average molecular weight is 681 g/mol. The molecule has 0 bridgehead atoms. The van der Waals surface area contributed by atoms with Crippen molar-refractivity contribution in [1.29, 1.82) is 0 Å². The molecule has 50 heavy (non-hydrogen) atoms. The third kappa shape index (κ3) is 8.35. The Labute approximate surface area is 294 Å². The SMILES string of the molecule is CCC1=NC(COCCCN)=C(N(C=O)CCCN2CCC(c3ccccc3)(c3ccccc3)CC2)C(c2ccc([N+](=O)[O-])cc2)C1NC=O. The van der Waals surface area contributed by atoms with E-state index in [9.17, 15) is 19.7 Å². The average Bonchev–Trinajstić information content (AvgIpc) is 3.16. The third-order valence-corrected chi connectivity index (χ3v) is 10.0. The zero-order valence-corrected chi connectivity index (χ0v) is 28.8. The molecule has 1 saturated heterocycles. The minimum Gasteiger partial charge on any atom is -0.375 e. The molecule has 2 atom stereocenters. The standard InChI is InChI=1S/C39H48N6O5/c1-2-34-37(41-28-46)36(30-15-17-33(18-16-30)45(48)49)38(35(42-34)27-50-26-9-21-40)44(29-47)23-10-22-43-24-19-39(20-25-43,31-11-5-3-6-12-31)32-13-7-4-8-14-32/h3-8,11-18,28-29,36-37H,2,9-10,19-27,40H2,1H3,(H,41,46). The number of benzene rings is 3. The molecule has 5 rings (SSSR count). The number of nitro groups is 1. The van der Waals surface area contributed by atoms with Gasteiger partial charge in [-0.25, -0.2) is 0 Å². The molecule has 2 heterocycles. The molecule has 3 aromatic rings. The van der Waals surface area contributed by atoms with E-state index in [1.807, 2.05) is 6.92 Å². The predicted molar refractivity (Wildman–Crippen MR) is 195 cm³/mol. The Morgan fingerprint density at radius 2 is 1.64 bits per heavy atom. The van der Waals surface area contributed by atoms with Crippen LogP contribution in [-0.4, -0.2) is 85.2 Å². The summed E-state index contributed by atoms with van der Waals surface area (Å²) in [7, 11) is 0. The van der Waals surface area contributed by atoms with E-state index in [-0.39, 0.29) is 17.7 Å². The molecule has 264 valence electrons. The van der Waals surface area contributed by atoms with Crippen molar-refractivity contribution < 1.29 is 19.2 Å². The molecule has 2 aliphatic rings. The van der Waals surface area contributed by atoms with Crippen LogP contribution in [0, 0.1) is 10.1 Å². The van der Waals surface area contributed by atoms with E-state index in [0.717, 1.165) is 56.6 Å². The van der Waals surface area contributed by atoms with Gasteiger partial charge in [-0.15, -0.1) is 0 Å². The highest BCUT2D eigenvalue weighted by Crippen LogP contribution is 2.42. The van der Waals surface area contributed by atoms with Crippen molar-refractivity contribution in [3.05, 3.63) is 123 Å². The van der Waals surface area contributed by atoms with Gasteiger partial charge >= 0.3 is 0 Å². The lowest BCUT2D eigenvalue weighted by atomic mass is 9.68. The number of non-ortho nitro benzene ring substituents is 1. The second kappa shape index (κ2) is 17.8. The lowest BCUT2D eigenvalue weighted by Crippen LogP contribution is -2.47. The molecular formula is C39H48N6O5.